The van der Waals surface area contributed by atoms with Crippen LogP contribution in [0.5, 0.6) is 0 Å². The molecule has 0 amide bonds. The highest BCUT2D eigenvalue weighted by Gasteiger charge is 2.66. The van der Waals surface area contributed by atoms with Gasteiger partial charge in [0, 0.05) is 5.38 Å². The van der Waals surface area contributed by atoms with E-state index in [0.717, 1.165) is 5.56 Å². The predicted molar refractivity (Wildman–Crippen MR) is 70.8 cm³/mol. The first kappa shape index (κ1) is 12.9. The second-order valence-corrected chi connectivity index (χ2v) is 6.79. The van der Waals surface area contributed by atoms with E-state index in [0.29, 0.717) is 12.3 Å². The van der Waals surface area contributed by atoms with E-state index in [4.69, 9.17) is 11.6 Å². The molecule has 0 heterocycles. The van der Waals surface area contributed by atoms with Gasteiger partial charge in [-0.05, 0) is 34.8 Å². The number of halogens is 2. The fourth-order valence-corrected chi connectivity index (χ4v) is 3.94. The molecule has 1 atom stereocenters. The number of rotatable bonds is 3. The second-order valence-electron chi connectivity index (χ2n) is 6.23. The molecule has 2 heteroatoms. The van der Waals surface area contributed by atoms with Gasteiger partial charge in [-0.15, -0.1) is 11.6 Å². The van der Waals surface area contributed by atoms with Crippen LogP contribution in [0.15, 0.2) is 24.3 Å². The van der Waals surface area contributed by atoms with E-state index in [1.54, 1.807) is 6.07 Å². The van der Waals surface area contributed by atoms with Crippen LogP contribution in [0.4, 0.5) is 4.39 Å². The standard InChI is InChI=1S/C15H20ClF/c1-14(2)13(15(14,3)4)11(16)9-10-7-5-6-8-12(10)17/h5-8,11,13H,9H2,1-4H3. The van der Waals surface area contributed by atoms with Crippen LogP contribution in [0.3, 0.4) is 0 Å². The monoisotopic (exact) mass is 254 g/mol. The largest absolute Gasteiger partial charge is 0.207 e. The number of alkyl halides is 1. The van der Waals surface area contributed by atoms with Crippen LogP contribution in [0.25, 0.3) is 0 Å². The highest BCUT2D eigenvalue weighted by Crippen LogP contribution is 2.70. The Hall–Kier alpha value is -0.560. The van der Waals surface area contributed by atoms with E-state index in [9.17, 15) is 4.39 Å². The second kappa shape index (κ2) is 3.98. The summed E-state index contributed by atoms with van der Waals surface area (Å²) < 4.78 is 13.6. The summed E-state index contributed by atoms with van der Waals surface area (Å²) in [5, 5.41) is 0.0110. The summed E-state index contributed by atoms with van der Waals surface area (Å²) in [5.41, 5.74) is 1.24. The molecule has 0 radical (unpaired) electrons. The van der Waals surface area contributed by atoms with E-state index in [2.05, 4.69) is 27.7 Å². The summed E-state index contributed by atoms with van der Waals surface area (Å²) in [6.07, 6.45) is 0.617. The molecule has 0 aliphatic heterocycles. The van der Waals surface area contributed by atoms with E-state index in [1.165, 1.54) is 6.07 Å². The molecular weight excluding hydrogens is 235 g/mol. The first-order chi connectivity index (χ1) is 7.78. The molecule has 1 aromatic rings. The van der Waals surface area contributed by atoms with Crippen LogP contribution in [-0.2, 0) is 6.42 Å². The van der Waals surface area contributed by atoms with Crippen molar-refractivity contribution in [1.82, 2.24) is 0 Å². The lowest BCUT2D eigenvalue weighted by Crippen LogP contribution is -2.12. The minimum atomic E-state index is -0.144. The average Bonchev–Trinajstić information content (AvgIpc) is 2.61. The van der Waals surface area contributed by atoms with Gasteiger partial charge in [0.25, 0.3) is 0 Å². The third kappa shape index (κ3) is 1.99. The summed E-state index contributed by atoms with van der Waals surface area (Å²) in [5.74, 6) is 0.311. The van der Waals surface area contributed by atoms with Crippen LogP contribution >= 0.6 is 11.6 Å². The van der Waals surface area contributed by atoms with Gasteiger partial charge >= 0.3 is 0 Å². The van der Waals surface area contributed by atoms with Gasteiger partial charge in [0.2, 0.25) is 0 Å². The number of benzene rings is 1. The summed E-state index contributed by atoms with van der Waals surface area (Å²) in [6, 6.07) is 6.91. The molecule has 0 N–H and O–H groups in total. The molecule has 1 aliphatic carbocycles. The molecule has 0 spiro atoms. The fourth-order valence-electron chi connectivity index (χ4n) is 3.14. The van der Waals surface area contributed by atoms with E-state index in [-0.39, 0.29) is 22.0 Å². The fraction of sp³-hybridized carbons (Fsp3) is 0.600. The van der Waals surface area contributed by atoms with Gasteiger partial charge in [0.15, 0.2) is 0 Å². The number of hydrogen-bond donors (Lipinski definition) is 0. The first-order valence-corrected chi connectivity index (χ1v) is 6.59. The molecule has 0 nitrogen and oxygen atoms in total. The first-order valence-electron chi connectivity index (χ1n) is 6.16. The molecule has 1 aromatic carbocycles. The van der Waals surface area contributed by atoms with E-state index in [1.807, 2.05) is 12.1 Å². The van der Waals surface area contributed by atoms with E-state index < -0.39 is 0 Å². The minimum Gasteiger partial charge on any atom is -0.207 e. The molecule has 1 saturated carbocycles. The van der Waals surface area contributed by atoms with Crippen molar-refractivity contribution >= 4 is 11.6 Å². The van der Waals surface area contributed by atoms with Crippen molar-refractivity contribution in [3.63, 3.8) is 0 Å². The Balaban J connectivity index is 2.10. The van der Waals surface area contributed by atoms with Crippen LogP contribution in [-0.4, -0.2) is 5.38 Å². The molecule has 0 aromatic heterocycles. The maximum Gasteiger partial charge on any atom is 0.126 e. The quantitative estimate of drug-likeness (QED) is 0.689. The molecule has 17 heavy (non-hydrogen) atoms. The van der Waals surface area contributed by atoms with Crippen LogP contribution < -0.4 is 0 Å². The Morgan fingerprint density at radius 3 is 2.18 bits per heavy atom. The van der Waals surface area contributed by atoms with Gasteiger partial charge in [-0.2, -0.15) is 0 Å². The highest BCUT2D eigenvalue weighted by molar-refractivity contribution is 6.21. The number of hydrogen-bond acceptors (Lipinski definition) is 0. The van der Waals surface area contributed by atoms with Gasteiger partial charge in [0.1, 0.15) is 5.82 Å². The maximum atomic E-state index is 13.6. The van der Waals surface area contributed by atoms with Gasteiger partial charge in [0.05, 0.1) is 0 Å². The van der Waals surface area contributed by atoms with Gasteiger partial charge in [-0.1, -0.05) is 45.9 Å². The molecule has 1 aliphatic rings. The average molecular weight is 255 g/mol. The van der Waals surface area contributed by atoms with Crippen molar-refractivity contribution in [3.8, 4) is 0 Å². The van der Waals surface area contributed by atoms with Crippen LogP contribution in [0.2, 0.25) is 0 Å². The Morgan fingerprint density at radius 2 is 1.71 bits per heavy atom. The summed E-state index contributed by atoms with van der Waals surface area (Å²) in [7, 11) is 0. The highest BCUT2D eigenvalue weighted by atomic mass is 35.5. The van der Waals surface area contributed by atoms with Crippen molar-refractivity contribution in [2.75, 3.05) is 0 Å². The Bertz CT molecular complexity index is 409. The third-order valence-electron chi connectivity index (χ3n) is 4.87. The lowest BCUT2D eigenvalue weighted by molar-refractivity contribution is 0.457. The van der Waals surface area contributed by atoms with Crippen molar-refractivity contribution in [2.45, 2.75) is 39.5 Å². The normalized spacial score (nSPS) is 23.4. The molecule has 1 unspecified atom stereocenters. The maximum absolute atomic E-state index is 13.6. The Kier molecular flexibility index (Phi) is 3.02. The zero-order valence-corrected chi connectivity index (χ0v) is 11.7. The molecule has 2 rings (SSSR count). The van der Waals surface area contributed by atoms with Crippen molar-refractivity contribution in [3.05, 3.63) is 35.6 Å². The van der Waals surface area contributed by atoms with Gasteiger partial charge in [-0.3, -0.25) is 0 Å². The SMILES string of the molecule is CC1(C)C(C(Cl)Cc2ccccc2F)C1(C)C. The van der Waals surface area contributed by atoms with Crippen molar-refractivity contribution in [2.24, 2.45) is 16.7 Å². The Labute approximate surface area is 108 Å². The van der Waals surface area contributed by atoms with Crippen molar-refractivity contribution in [1.29, 1.82) is 0 Å². The van der Waals surface area contributed by atoms with Gasteiger partial charge in [-0.25, -0.2) is 4.39 Å². The van der Waals surface area contributed by atoms with Crippen LogP contribution in [0, 0.1) is 22.6 Å². The molecule has 1 fully saturated rings. The summed E-state index contributed by atoms with van der Waals surface area (Å²) in [4.78, 5) is 0. The lowest BCUT2D eigenvalue weighted by atomic mass is 10.0. The summed E-state index contributed by atoms with van der Waals surface area (Å²) >= 11 is 6.49. The topological polar surface area (TPSA) is 0 Å². The molecular formula is C15H20ClF. The van der Waals surface area contributed by atoms with E-state index >= 15 is 0 Å². The smallest absolute Gasteiger partial charge is 0.126 e. The lowest BCUT2D eigenvalue weighted by Gasteiger charge is -2.12. The van der Waals surface area contributed by atoms with Crippen molar-refractivity contribution < 1.29 is 4.39 Å². The molecule has 94 valence electrons. The third-order valence-corrected chi connectivity index (χ3v) is 5.27. The Morgan fingerprint density at radius 1 is 1.18 bits per heavy atom. The molecule has 0 bridgehead atoms. The van der Waals surface area contributed by atoms with Gasteiger partial charge < -0.3 is 0 Å². The zero-order valence-electron chi connectivity index (χ0n) is 10.9. The van der Waals surface area contributed by atoms with Crippen LogP contribution in [0.1, 0.15) is 33.3 Å². The molecule has 0 saturated heterocycles. The summed E-state index contributed by atoms with van der Waals surface area (Å²) in [6.45, 7) is 8.98. The zero-order chi connectivity index (χ0) is 12.8. The predicted octanol–water partition coefficient (Wildman–Crippen LogP) is 4.66. The minimum absolute atomic E-state index is 0.0110.